The molecule has 2 unspecified atom stereocenters. The Hall–Kier alpha value is -1.28. The first kappa shape index (κ1) is 20.5. The van der Waals surface area contributed by atoms with Crippen LogP contribution in [0.4, 0.5) is 0 Å². The molecular formula is C19H30N2O5S. The van der Waals surface area contributed by atoms with Gasteiger partial charge in [-0.1, -0.05) is 0 Å². The van der Waals surface area contributed by atoms with Gasteiger partial charge in [0.25, 0.3) is 0 Å². The van der Waals surface area contributed by atoms with Gasteiger partial charge in [-0.05, 0) is 46.5 Å². The van der Waals surface area contributed by atoms with E-state index in [0.29, 0.717) is 19.4 Å². The lowest BCUT2D eigenvalue weighted by Gasteiger charge is -2.34. The van der Waals surface area contributed by atoms with Crippen LogP contribution in [0.1, 0.15) is 46.5 Å². The van der Waals surface area contributed by atoms with E-state index in [1.54, 1.807) is 23.6 Å². The number of esters is 1. The zero-order valence-electron chi connectivity index (χ0n) is 16.3. The Morgan fingerprint density at radius 3 is 2.78 bits per heavy atom. The number of thioether (sulfide) groups is 1. The summed E-state index contributed by atoms with van der Waals surface area (Å²) in [7, 11) is 0. The number of hydrogen-bond acceptors (Lipinski definition) is 6. The molecule has 2 amide bonds. The highest BCUT2D eigenvalue weighted by Crippen LogP contribution is 2.66. The van der Waals surface area contributed by atoms with E-state index in [2.05, 4.69) is 5.32 Å². The number of hydrogen-bond donors (Lipinski definition) is 2. The molecule has 2 N–H and O–H groups in total. The summed E-state index contributed by atoms with van der Waals surface area (Å²) in [5, 5.41) is 12.1. The standard InChI is InChI=1S/C19H30N2O5S/c1-4-26-18(25)13-12-7-8-19(27-12)14(13)17(24)21(9-5-6-10-22)15(19)16(23)20-11(2)3/h11-15,22H,4-10H2,1-3H3,(H,20,23)/t12-,13+,14-,15?,19?/m0/s1. The second kappa shape index (κ2) is 7.99. The van der Waals surface area contributed by atoms with Gasteiger partial charge in [0.2, 0.25) is 11.8 Å². The zero-order chi connectivity index (χ0) is 19.8. The number of fused-ring (bicyclic) bond motifs is 1. The van der Waals surface area contributed by atoms with Gasteiger partial charge in [0.1, 0.15) is 6.04 Å². The highest BCUT2D eigenvalue weighted by molar-refractivity contribution is 8.02. The van der Waals surface area contributed by atoms with E-state index in [-0.39, 0.29) is 42.3 Å². The van der Waals surface area contributed by atoms with Gasteiger partial charge in [-0.2, -0.15) is 0 Å². The summed E-state index contributed by atoms with van der Waals surface area (Å²) in [6.45, 7) is 6.35. The third-order valence-corrected chi connectivity index (χ3v) is 7.80. The fourth-order valence-electron chi connectivity index (χ4n) is 4.96. The molecule has 3 fully saturated rings. The molecule has 0 aromatic heterocycles. The maximum atomic E-state index is 13.3. The van der Waals surface area contributed by atoms with Gasteiger partial charge in [-0.25, -0.2) is 0 Å². The van der Waals surface area contributed by atoms with Crippen molar-refractivity contribution in [2.75, 3.05) is 19.8 Å². The molecule has 3 heterocycles. The Bertz CT molecular complexity index is 613. The topological polar surface area (TPSA) is 95.9 Å². The molecule has 152 valence electrons. The van der Waals surface area contributed by atoms with Gasteiger partial charge in [0.15, 0.2) is 0 Å². The largest absolute Gasteiger partial charge is 0.466 e. The molecule has 0 saturated carbocycles. The fraction of sp³-hybridized carbons (Fsp3) is 0.842. The number of amides is 2. The second-order valence-electron chi connectivity index (χ2n) is 7.93. The van der Waals surface area contributed by atoms with Crippen molar-refractivity contribution in [2.45, 2.75) is 68.5 Å². The van der Waals surface area contributed by atoms with Crippen molar-refractivity contribution in [2.24, 2.45) is 11.8 Å². The number of carbonyl (C=O) groups is 3. The Morgan fingerprint density at radius 2 is 2.15 bits per heavy atom. The van der Waals surface area contributed by atoms with E-state index in [4.69, 9.17) is 9.84 Å². The SMILES string of the molecule is CCOC(=O)[C@@H]1[C@@H]2CCC3(S2)C(C(=O)NC(C)C)N(CCCCO)C(=O)[C@H]13. The van der Waals surface area contributed by atoms with Crippen LogP contribution in [-0.2, 0) is 19.1 Å². The highest BCUT2D eigenvalue weighted by atomic mass is 32.2. The van der Waals surface area contributed by atoms with Crippen LogP contribution in [0.3, 0.4) is 0 Å². The Morgan fingerprint density at radius 1 is 1.41 bits per heavy atom. The summed E-state index contributed by atoms with van der Waals surface area (Å²) in [6.07, 6.45) is 2.81. The van der Waals surface area contributed by atoms with Crippen LogP contribution in [-0.4, -0.2) is 69.6 Å². The first-order chi connectivity index (χ1) is 12.9. The molecule has 3 aliphatic heterocycles. The van der Waals surface area contributed by atoms with Crippen molar-refractivity contribution in [1.82, 2.24) is 10.2 Å². The summed E-state index contributed by atoms with van der Waals surface area (Å²) >= 11 is 1.65. The number of nitrogens with zero attached hydrogens (tertiary/aromatic N) is 1. The summed E-state index contributed by atoms with van der Waals surface area (Å²) in [6, 6.07) is -0.586. The van der Waals surface area contributed by atoms with Crippen molar-refractivity contribution in [3.63, 3.8) is 0 Å². The molecule has 8 heteroatoms. The number of aliphatic hydroxyl groups is 1. The maximum absolute atomic E-state index is 13.3. The maximum Gasteiger partial charge on any atom is 0.310 e. The zero-order valence-corrected chi connectivity index (χ0v) is 17.1. The monoisotopic (exact) mass is 398 g/mol. The molecule has 3 aliphatic rings. The summed E-state index contributed by atoms with van der Waals surface area (Å²) in [5.41, 5.74) is 0. The van der Waals surface area contributed by atoms with Crippen LogP contribution in [0.2, 0.25) is 0 Å². The number of rotatable bonds is 8. The Kier molecular flexibility index (Phi) is 6.05. The molecule has 3 saturated heterocycles. The lowest BCUT2D eigenvalue weighted by Crippen LogP contribution is -2.54. The van der Waals surface area contributed by atoms with Crippen LogP contribution in [0.15, 0.2) is 0 Å². The first-order valence-corrected chi connectivity index (χ1v) is 10.8. The normalized spacial score (nSPS) is 34.3. The number of ether oxygens (including phenoxy) is 1. The lowest BCUT2D eigenvalue weighted by atomic mass is 9.71. The van der Waals surface area contributed by atoms with Crippen molar-refractivity contribution in [3.05, 3.63) is 0 Å². The molecule has 0 aromatic carbocycles. The van der Waals surface area contributed by atoms with Gasteiger partial charge in [-0.15, -0.1) is 11.8 Å². The molecule has 2 bridgehead atoms. The Balaban J connectivity index is 1.93. The minimum atomic E-state index is -0.564. The highest BCUT2D eigenvalue weighted by Gasteiger charge is 2.73. The van der Waals surface area contributed by atoms with Crippen LogP contribution < -0.4 is 5.32 Å². The number of aliphatic hydroxyl groups excluding tert-OH is 1. The molecule has 5 atom stereocenters. The predicted octanol–water partition coefficient (Wildman–Crippen LogP) is 0.938. The molecule has 0 radical (unpaired) electrons. The summed E-state index contributed by atoms with van der Waals surface area (Å²) < 4.78 is 4.72. The Labute approximate surface area is 164 Å². The quantitative estimate of drug-likeness (QED) is 0.467. The fourth-order valence-corrected chi connectivity index (χ4v) is 7.16. The third-order valence-electron chi connectivity index (χ3n) is 5.85. The minimum Gasteiger partial charge on any atom is -0.466 e. The van der Waals surface area contributed by atoms with E-state index in [1.165, 1.54) is 0 Å². The van der Waals surface area contributed by atoms with E-state index in [1.807, 2.05) is 13.8 Å². The van der Waals surface area contributed by atoms with Crippen LogP contribution in [0.25, 0.3) is 0 Å². The number of likely N-dealkylation sites (tertiary alicyclic amines) is 1. The van der Waals surface area contributed by atoms with E-state index in [9.17, 15) is 14.4 Å². The smallest absolute Gasteiger partial charge is 0.310 e. The number of carbonyl (C=O) groups excluding carboxylic acids is 3. The van der Waals surface area contributed by atoms with Crippen molar-refractivity contribution in [3.8, 4) is 0 Å². The molecule has 3 rings (SSSR count). The van der Waals surface area contributed by atoms with Gasteiger partial charge >= 0.3 is 5.97 Å². The van der Waals surface area contributed by atoms with Gasteiger partial charge in [-0.3, -0.25) is 14.4 Å². The van der Waals surface area contributed by atoms with E-state index < -0.39 is 22.6 Å². The van der Waals surface area contributed by atoms with Crippen molar-refractivity contribution in [1.29, 1.82) is 0 Å². The molecule has 0 aromatic rings. The average molecular weight is 399 g/mol. The molecular weight excluding hydrogens is 368 g/mol. The summed E-state index contributed by atoms with van der Waals surface area (Å²) in [5.74, 6) is -1.51. The number of unbranched alkanes of at least 4 members (excludes halogenated alkanes) is 1. The molecule has 1 spiro atoms. The van der Waals surface area contributed by atoms with Crippen LogP contribution in [0, 0.1) is 11.8 Å². The molecule has 27 heavy (non-hydrogen) atoms. The van der Waals surface area contributed by atoms with Gasteiger partial charge in [0, 0.05) is 24.4 Å². The third kappa shape index (κ3) is 3.35. The first-order valence-electron chi connectivity index (χ1n) is 9.93. The number of nitrogens with one attached hydrogen (secondary N) is 1. The van der Waals surface area contributed by atoms with Crippen molar-refractivity contribution < 1.29 is 24.2 Å². The minimum absolute atomic E-state index is 0.0215. The predicted molar refractivity (Wildman–Crippen MR) is 102 cm³/mol. The molecule has 0 aliphatic carbocycles. The molecule has 7 nitrogen and oxygen atoms in total. The van der Waals surface area contributed by atoms with E-state index >= 15 is 0 Å². The summed E-state index contributed by atoms with van der Waals surface area (Å²) in [4.78, 5) is 40.7. The van der Waals surface area contributed by atoms with Crippen LogP contribution >= 0.6 is 11.8 Å². The van der Waals surface area contributed by atoms with Crippen molar-refractivity contribution >= 4 is 29.5 Å². The average Bonchev–Trinajstić information content (AvgIpc) is 3.22. The van der Waals surface area contributed by atoms with E-state index in [0.717, 1.165) is 12.8 Å². The van der Waals surface area contributed by atoms with Gasteiger partial charge < -0.3 is 20.1 Å². The van der Waals surface area contributed by atoms with Gasteiger partial charge in [0.05, 0.1) is 23.2 Å². The second-order valence-corrected chi connectivity index (χ2v) is 9.53. The lowest BCUT2D eigenvalue weighted by molar-refractivity contribution is -0.153. The van der Waals surface area contributed by atoms with Crippen LogP contribution in [0.5, 0.6) is 0 Å².